The van der Waals surface area contributed by atoms with Gasteiger partial charge in [0.05, 0.1) is 6.54 Å². The summed E-state index contributed by atoms with van der Waals surface area (Å²) < 4.78 is 5.42. The maximum absolute atomic E-state index is 12.1. The van der Waals surface area contributed by atoms with E-state index >= 15 is 0 Å². The molecule has 0 saturated heterocycles. The van der Waals surface area contributed by atoms with Crippen LogP contribution in [0.2, 0.25) is 0 Å². The number of carbonyl (C=O) groups is 3. The Morgan fingerprint density at radius 1 is 1.08 bits per heavy atom. The molecule has 6 nitrogen and oxygen atoms in total. The van der Waals surface area contributed by atoms with Crippen LogP contribution in [0.4, 0.5) is 5.69 Å². The van der Waals surface area contributed by atoms with Crippen LogP contribution in [0.1, 0.15) is 22.8 Å². The van der Waals surface area contributed by atoms with Crippen LogP contribution in [-0.2, 0) is 9.59 Å². The minimum absolute atomic E-state index is 0.0772. The molecule has 0 saturated carbocycles. The molecule has 2 rings (SSSR count). The average molecular weight is 354 g/mol. The number of ether oxygens (including phenoxy) is 1. The fraction of sp³-hybridized carbons (Fsp3) is 0.250. The Balaban J connectivity index is 1.83. The lowest BCUT2D eigenvalue weighted by atomic mass is 10.1. The molecular formula is C20H22N2O4. The third-order valence-corrected chi connectivity index (χ3v) is 3.74. The number of aryl methyl sites for hydroxylation is 1. The van der Waals surface area contributed by atoms with Crippen LogP contribution in [-0.4, -0.2) is 42.7 Å². The zero-order valence-corrected chi connectivity index (χ0v) is 15.1. The molecule has 0 aliphatic carbocycles. The predicted octanol–water partition coefficient (Wildman–Crippen LogP) is 2.67. The van der Waals surface area contributed by atoms with Gasteiger partial charge in [-0.2, -0.15) is 0 Å². The van der Waals surface area contributed by atoms with E-state index in [9.17, 15) is 14.4 Å². The SMILES string of the molecule is CC(=O)c1cccc(OCC(=O)N(C)CC(=O)Nc2ccc(C)cc2)c1. The van der Waals surface area contributed by atoms with Crippen molar-refractivity contribution in [3.8, 4) is 5.75 Å². The number of amides is 2. The lowest BCUT2D eigenvalue weighted by Crippen LogP contribution is -2.37. The number of ketones is 1. The Hall–Kier alpha value is -3.15. The topological polar surface area (TPSA) is 75.7 Å². The van der Waals surface area contributed by atoms with Gasteiger partial charge in [0.2, 0.25) is 5.91 Å². The van der Waals surface area contributed by atoms with Crippen molar-refractivity contribution in [3.63, 3.8) is 0 Å². The van der Waals surface area contributed by atoms with E-state index in [2.05, 4.69) is 5.32 Å². The summed E-state index contributed by atoms with van der Waals surface area (Å²) in [6, 6.07) is 14.0. The minimum atomic E-state index is -0.336. The number of benzene rings is 2. The van der Waals surface area contributed by atoms with E-state index in [1.54, 1.807) is 36.4 Å². The maximum Gasteiger partial charge on any atom is 0.260 e. The summed E-state index contributed by atoms with van der Waals surface area (Å²) in [6.45, 7) is 3.13. The number of Topliss-reactive ketones (excluding diaryl/α,β-unsaturated/α-hetero) is 1. The van der Waals surface area contributed by atoms with E-state index in [0.717, 1.165) is 5.56 Å². The van der Waals surface area contributed by atoms with Crippen LogP contribution in [0, 0.1) is 6.92 Å². The number of likely N-dealkylation sites (N-methyl/N-ethyl adjacent to an activating group) is 1. The normalized spacial score (nSPS) is 10.1. The van der Waals surface area contributed by atoms with E-state index in [4.69, 9.17) is 4.74 Å². The first-order chi connectivity index (χ1) is 12.3. The van der Waals surface area contributed by atoms with Gasteiger partial charge in [-0.25, -0.2) is 0 Å². The summed E-state index contributed by atoms with van der Waals surface area (Å²) >= 11 is 0. The summed E-state index contributed by atoms with van der Waals surface area (Å²) in [6.07, 6.45) is 0. The molecule has 0 unspecified atom stereocenters. The Labute approximate surface area is 152 Å². The van der Waals surface area contributed by atoms with Gasteiger partial charge >= 0.3 is 0 Å². The van der Waals surface area contributed by atoms with Gasteiger partial charge in [-0.05, 0) is 38.1 Å². The van der Waals surface area contributed by atoms with E-state index in [1.165, 1.54) is 18.9 Å². The minimum Gasteiger partial charge on any atom is -0.484 e. The number of rotatable bonds is 7. The molecule has 2 aromatic rings. The van der Waals surface area contributed by atoms with Crippen LogP contribution in [0.3, 0.4) is 0 Å². The molecule has 0 bridgehead atoms. The predicted molar refractivity (Wildman–Crippen MR) is 99.4 cm³/mol. The molecular weight excluding hydrogens is 332 g/mol. The third-order valence-electron chi connectivity index (χ3n) is 3.74. The fourth-order valence-electron chi connectivity index (χ4n) is 2.20. The molecule has 0 aromatic heterocycles. The van der Waals surface area contributed by atoms with Gasteiger partial charge in [-0.3, -0.25) is 14.4 Å². The quantitative estimate of drug-likeness (QED) is 0.776. The summed E-state index contributed by atoms with van der Waals surface area (Å²) in [5, 5.41) is 2.74. The van der Waals surface area contributed by atoms with E-state index in [1.807, 2.05) is 19.1 Å². The van der Waals surface area contributed by atoms with E-state index < -0.39 is 0 Å². The number of hydrogen-bond acceptors (Lipinski definition) is 4. The number of nitrogens with zero attached hydrogens (tertiary/aromatic N) is 1. The lowest BCUT2D eigenvalue weighted by molar-refractivity contribution is -0.135. The second-order valence-electron chi connectivity index (χ2n) is 6.04. The maximum atomic E-state index is 12.1. The Morgan fingerprint density at radius 3 is 2.42 bits per heavy atom. The highest BCUT2D eigenvalue weighted by atomic mass is 16.5. The van der Waals surface area contributed by atoms with Gasteiger partial charge in [-0.15, -0.1) is 0 Å². The van der Waals surface area contributed by atoms with Crippen LogP contribution >= 0.6 is 0 Å². The number of anilines is 1. The summed E-state index contributed by atoms with van der Waals surface area (Å²) in [4.78, 5) is 36.8. The van der Waals surface area contributed by atoms with Gasteiger partial charge in [0.1, 0.15) is 5.75 Å². The van der Waals surface area contributed by atoms with E-state index in [-0.39, 0.29) is 30.7 Å². The first-order valence-corrected chi connectivity index (χ1v) is 8.19. The van der Waals surface area contributed by atoms with Gasteiger partial charge < -0.3 is 15.0 Å². The molecule has 1 N–H and O–H groups in total. The van der Waals surface area contributed by atoms with Crippen molar-refractivity contribution in [2.75, 3.05) is 25.5 Å². The summed E-state index contributed by atoms with van der Waals surface area (Å²) in [7, 11) is 1.53. The molecule has 6 heteroatoms. The van der Waals surface area contributed by atoms with Crippen molar-refractivity contribution in [1.29, 1.82) is 0 Å². The third kappa shape index (κ3) is 5.73. The second-order valence-corrected chi connectivity index (χ2v) is 6.04. The molecule has 2 amide bonds. The van der Waals surface area contributed by atoms with Gasteiger partial charge in [0.25, 0.3) is 5.91 Å². The molecule has 0 aliphatic rings. The van der Waals surface area contributed by atoms with Crippen molar-refractivity contribution < 1.29 is 19.1 Å². The second kappa shape index (κ2) is 8.80. The van der Waals surface area contributed by atoms with Crippen molar-refractivity contribution in [3.05, 3.63) is 59.7 Å². The van der Waals surface area contributed by atoms with Crippen LogP contribution in [0.15, 0.2) is 48.5 Å². The van der Waals surface area contributed by atoms with Gasteiger partial charge in [0, 0.05) is 18.3 Å². The summed E-state index contributed by atoms with van der Waals surface area (Å²) in [5.41, 5.74) is 2.29. The molecule has 136 valence electrons. The van der Waals surface area contributed by atoms with Crippen molar-refractivity contribution in [1.82, 2.24) is 4.90 Å². The smallest absolute Gasteiger partial charge is 0.260 e. The first kappa shape index (κ1) is 19.2. The molecule has 0 aliphatic heterocycles. The molecule has 26 heavy (non-hydrogen) atoms. The molecule has 2 aromatic carbocycles. The largest absolute Gasteiger partial charge is 0.484 e. The van der Waals surface area contributed by atoms with Gasteiger partial charge in [-0.1, -0.05) is 29.8 Å². The zero-order valence-electron chi connectivity index (χ0n) is 15.1. The van der Waals surface area contributed by atoms with Crippen molar-refractivity contribution in [2.45, 2.75) is 13.8 Å². The zero-order chi connectivity index (χ0) is 19.1. The van der Waals surface area contributed by atoms with Crippen LogP contribution in [0.5, 0.6) is 5.75 Å². The Morgan fingerprint density at radius 2 is 1.77 bits per heavy atom. The van der Waals surface area contributed by atoms with Crippen molar-refractivity contribution in [2.24, 2.45) is 0 Å². The number of nitrogens with one attached hydrogen (secondary N) is 1. The highest BCUT2D eigenvalue weighted by molar-refractivity contribution is 5.95. The fourth-order valence-corrected chi connectivity index (χ4v) is 2.20. The molecule has 0 atom stereocenters. The standard InChI is InChI=1S/C20H22N2O4/c1-14-7-9-17(10-8-14)21-19(24)12-22(3)20(25)13-26-18-6-4-5-16(11-18)15(2)23/h4-11H,12-13H2,1-3H3,(H,21,24). The monoisotopic (exact) mass is 354 g/mol. The number of carbonyl (C=O) groups excluding carboxylic acids is 3. The van der Waals surface area contributed by atoms with Gasteiger partial charge in [0.15, 0.2) is 12.4 Å². The molecule has 0 spiro atoms. The molecule has 0 heterocycles. The number of hydrogen-bond donors (Lipinski definition) is 1. The summed E-state index contributed by atoms with van der Waals surface area (Å²) in [5.74, 6) is -0.268. The van der Waals surface area contributed by atoms with Crippen molar-refractivity contribution >= 4 is 23.3 Å². The van der Waals surface area contributed by atoms with E-state index in [0.29, 0.717) is 17.0 Å². The highest BCUT2D eigenvalue weighted by Gasteiger charge is 2.14. The van der Waals surface area contributed by atoms with Crippen LogP contribution < -0.4 is 10.1 Å². The average Bonchev–Trinajstić information content (AvgIpc) is 2.61. The molecule has 0 fully saturated rings. The highest BCUT2D eigenvalue weighted by Crippen LogP contribution is 2.14. The Bertz CT molecular complexity index is 800. The lowest BCUT2D eigenvalue weighted by Gasteiger charge is -2.17. The molecule has 0 radical (unpaired) electrons. The Kier molecular flexibility index (Phi) is 6.49. The van der Waals surface area contributed by atoms with Crippen LogP contribution in [0.25, 0.3) is 0 Å². The first-order valence-electron chi connectivity index (χ1n) is 8.19.